The number of ether oxygens (including phenoxy) is 1. The van der Waals surface area contributed by atoms with E-state index in [1.54, 1.807) is 17.9 Å². The molecule has 28 heavy (non-hydrogen) atoms. The molecular formula is C19H28N4O5. The first-order valence-corrected chi connectivity index (χ1v) is 9.56. The fourth-order valence-electron chi connectivity index (χ4n) is 4.18. The van der Waals surface area contributed by atoms with Crippen molar-refractivity contribution in [3.8, 4) is 0 Å². The smallest absolute Gasteiger partial charge is 0.267 e. The Hall–Kier alpha value is -2.26. The molecule has 154 valence electrons. The fourth-order valence-corrected chi connectivity index (χ4v) is 4.18. The zero-order valence-corrected chi connectivity index (χ0v) is 16.6. The van der Waals surface area contributed by atoms with Crippen molar-refractivity contribution in [3.63, 3.8) is 0 Å². The minimum atomic E-state index is -0.777. The van der Waals surface area contributed by atoms with E-state index in [0.29, 0.717) is 38.0 Å². The van der Waals surface area contributed by atoms with Crippen LogP contribution in [-0.2, 0) is 20.9 Å². The van der Waals surface area contributed by atoms with E-state index in [-0.39, 0.29) is 30.5 Å². The van der Waals surface area contributed by atoms with Crippen molar-refractivity contribution in [2.24, 2.45) is 0 Å². The summed E-state index contributed by atoms with van der Waals surface area (Å²) in [6.45, 7) is 6.08. The Morgan fingerprint density at radius 2 is 2.04 bits per heavy atom. The van der Waals surface area contributed by atoms with Crippen LogP contribution in [0.1, 0.15) is 38.8 Å². The van der Waals surface area contributed by atoms with Crippen LogP contribution < -0.4 is 10.9 Å². The van der Waals surface area contributed by atoms with E-state index in [1.165, 1.54) is 17.7 Å². The Kier molecular flexibility index (Phi) is 5.58. The Balaban J connectivity index is 1.63. The molecule has 9 heteroatoms. The minimum Gasteiger partial charge on any atom is -0.388 e. The lowest BCUT2D eigenvalue weighted by molar-refractivity contribution is -0.182. The summed E-state index contributed by atoms with van der Waals surface area (Å²) in [5.41, 5.74) is -0.861. The number of aromatic nitrogens is 2. The molecule has 1 aromatic rings. The van der Waals surface area contributed by atoms with Gasteiger partial charge in [-0.2, -0.15) is 5.10 Å². The Bertz CT molecular complexity index is 815. The molecule has 9 nitrogen and oxygen atoms in total. The second-order valence-electron chi connectivity index (χ2n) is 8.14. The zero-order valence-electron chi connectivity index (χ0n) is 16.6. The number of aliphatic hydroxyl groups excluding tert-OH is 1. The normalized spacial score (nSPS) is 26.9. The maximum atomic E-state index is 12.6. The molecule has 0 saturated carbocycles. The third-order valence-electron chi connectivity index (χ3n) is 5.75. The summed E-state index contributed by atoms with van der Waals surface area (Å²) in [5, 5.41) is 17.3. The van der Waals surface area contributed by atoms with Crippen molar-refractivity contribution >= 4 is 11.8 Å². The highest BCUT2D eigenvalue weighted by Gasteiger charge is 2.50. The van der Waals surface area contributed by atoms with E-state index in [1.807, 2.05) is 6.92 Å². The van der Waals surface area contributed by atoms with E-state index in [2.05, 4.69) is 10.4 Å². The summed E-state index contributed by atoms with van der Waals surface area (Å²) in [6, 6.07) is 3.03. The first-order chi connectivity index (χ1) is 13.1. The van der Waals surface area contributed by atoms with Gasteiger partial charge in [-0.3, -0.25) is 14.4 Å². The minimum absolute atomic E-state index is 0.0866. The highest BCUT2D eigenvalue weighted by atomic mass is 16.5. The van der Waals surface area contributed by atoms with Gasteiger partial charge in [-0.05, 0) is 32.8 Å². The number of likely N-dealkylation sites (tertiary alicyclic amines) is 1. The molecule has 0 bridgehead atoms. The van der Waals surface area contributed by atoms with Crippen molar-refractivity contribution in [2.45, 2.75) is 63.8 Å². The number of nitrogens with one attached hydrogen (secondary N) is 1. The topological polar surface area (TPSA) is 114 Å². The van der Waals surface area contributed by atoms with Crippen LogP contribution in [0.4, 0.5) is 0 Å². The van der Waals surface area contributed by atoms with Crippen LogP contribution in [0.3, 0.4) is 0 Å². The van der Waals surface area contributed by atoms with Crippen molar-refractivity contribution in [1.82, 2.24) is 20.0 Å². The molecule has 0 aromatic carbocycles. The summed E-state index contributed by atoms with van der Waals surface area (Å²) in [5.74, 6) is -0.349. The standard InChI is InChI=1S/C19H28N4O5/c1-13-4-5-16(26)23(21-13)10-17(27)22-8-6-19(7-9-22)12-18(3,20-14(2)24)15(25)11-28-19/h4-5,15,25H,6-12H2,1-3H3,(H,20,24)/t15-,18-/m1/s1. The van der Waals surface area contributed by atoms with Gasteiger partial charge in [0.1, 0.15) is 12.6 Å². The molecule has 3 heterocycles. The predicted octanol–water partition coefficient (Wildman–Crippen LogP) is -0.411. The van der Waals surface area contributed by atoms with Crippen molar-refractivity contribution < 1.29 is 19.4 Å². The zero-order chi connectivity index (χ0) is 20.5. The molecule has 2 amide bonds. The van der Waals surface area contributed by atoms with Crippen LogP contribution in [-0.4, -0.2) is 68.5 Å². The van der Waals surface area contributed by atoms with E-state index in [4.69, 9.17) is 4.74 Å². The highest BCUT2D eigenvalue weighted by molar-refractivity contribution is 5.76. The van der Waals surface area contributed by atoms with E-state index in [0.717, 1.165) is 0 Å². The van der Waals surface area contributed by atoms with Gasteiger partial charge in [0.25, 0.3) is 5.56 Å². The summed E-state index contributed by atoms with van der Waals surface area (Å²) < 4.78 is 7.15. The fraction of sp³-hybridized carbons (Fsp3) is 0.684. The Morgan fingerprint density at radius 1 is 1.36 bits per heavy atom. The molecule has 2 atom stereocenters. The van der Waals surface area contributed by atoms with Crippen LogP contribution >= 0.6 is 0 Å². The molecule has 1 aromatic heterocycles. The molecule has 0 radical (unpaired) electrons. The van der Waals surface area contributed by atoms with Crippen molar-refractivity contribution in [1.29, 1.82) is 0 Å². The molecule has 2 fully saturated rings. The number of hydrogen-bond acceptors (Lipinski definition) is 6. The summed E-state index contributed by atoms with van der Waals surface area (Å²) in [4.78, 5) is 37.8. The van der Waals surface area contributed by atoms with E-state index in [9.17, 15) is 19.5 Å². The van der Waals surface area contributed by atoms with Crippen LogP contribution in [0.5, 0.6) is 0 Å². The highest BCUT2D eigenvalue weighted by Crippen LogP contribution is 2.39. The summed E-state index contributed by atoms with van der Waals surface area (Å²) in [7, 11) is 0. The number of nitrogens with zero attached hydrogens (tertiary/aromatic N) is 3. The van der Waals surface area contributed by atoms with Gasteiger partial charge in [-0.25, -0.2) is 4.68 Å². The number of amides is 2. The molecular weight excluding hydrogens is 364 g/mol. The van der Waals surface area contributed by atoms with Crippen LogP contribution in [0.15, 0.2) is 16.9 Å². The lowest BCUT2D eigenvalue weighted by atomic mass is 9.74. The van der Waals surface area contributed by atoms with Gasteiger partial charge in [0.05, 0.1) is 23.4 Å². The number of carbonyl (C=O) groups excluding carboxylic acids is 2. The average Bonchev–Trinajstić information content (AvgIpc) is 2.61. The maximum absolute atomic E-state index is 12.6. The molecule has 2 saturated heterocycles. The number of carbonyl (C=O) groups is 2. The van der Waals surface area contributed by atoms with Crippen LogP contribution in [0.25, 0.3) is 0 Å². The second-order valence-corrected chi connectivity index (χ2v) is 8.14. The van der Waals surface area contributed by atoms with Crippen molar-refractivity contribution in [2.75, 3.05) is 19.7 Å². The monoisotopic (exact) mass is 392 g/mol. The summed E-state index contributed by atoms with van der Waals surface area (Å²) >= 11 is 0. The number of aliphatic hydroxyl groups is 1. The van der Waals surface area contributed by atoms with Gasteiger partial charge in [0.2, 0.25) is 11.8 Å². The Labute approximate surface area is 163 Å². The first-order valence-electron chi connectivity index (χ1n) is 9.56. The molecule has 1 spiro atoms. The van der Waals surface area contributed by atoms with Gasteiger partial charge in [-0.15, -0.1) is 0 Å². The first kappa shape index (κ1) is 20.5. The van der Waals surface area contributed by atoms with Gasteiger partial charge < -0.3 is 20.1 Å². The van der Waals surface area contributed by atoms with E-state index >= 15 is 0 Å². The van der Waals surface area contributed by atoms with Crippen LogP contribution in [0, 0.1) is 6.92 Å². The molecule has 0 aliphatic carbocycles. The molecule has 2 aliphatic rings. The quantitative estimate of drug-likeness (QED) is 0.723. The Morgan fingerprint density at radius 3 is 2.68 bits per heavy atom. The van der Waals surface area contributed by atoms with Gasteiger partial charge in [0, 0.05) is 32.5 Å². The molecule has 0 unspecified atom stereocenters. The number of hydrogen-bond donors (Lipinski definition) is 2. The predicted molar refractivity (Wildman–Crippen MR) is 101 cm³/mol. The van der Waals surface area contributed by atoms with Gasteiger partial charge in [0.15, 0.2) is 0 Å². The SMILES string of the molecule is CC(=O)N[C@]1(C)CC2(CCN(C(=O)Cn3nc(C)ccc3=O)CC2)OC[C@H]1O. The second kappa shape index (κ2) is 7.63. The molecule has 2 aliphatic heterocycles. The van der Waals surface area contributed by atoms with Crippen molar-refractivity contribution in [3.05, 3.63) is 28.2 Å². The van der Waals surface area contributed by atoms with Crippen LogP contribution in [0.2, 0.25) is 0 Å². The largest absolute Gasteiger partial charge is 0.388 e. The lowest BCUT2D eigenvalue weighted by Gasteiger charge is -2.51. The average molecular weight is 392 g/mol. The lowest BCUT2D eigenvalue weighted by Crippen LogP contribution is -2.65. The van der Waals surface area contributed by atoms with Gasteiger partial charge >= 0.3 is 0 Å². The maximum Gasteiger partial charge on any atom is 0.267 e. The number of aryl methyl sites for hydroxylation is 1. The third kappa shape index (κ3) is 4.25. The molecule has 2 N–H and O–H groups in total. The summed E-state index contributed by atoms with van der Waals surface area (Å²) in [6.07, 6.45) is 0.927. The number of rotatable bonds is 3. The molecule has 3 rings (SSSR count). The third-order valence-corrected chi connectivity index (χ3v) is 5.75. The van der Waals surface area contributed by atoms with Gasteiger partial charge in [-0.1, -0.05) is 0 Å². The number of piperidine rings is 1. The van der Waals surface area contributed by atoms with E-state index < -0.39 is 17.2 Å².